The topological polar surface area (TPSA) is 327 Å². The number of benzene rings is 4. The number of rotatable bonds is 11. The predicted molar refractivity (Wildman–Crippen MR) is 263 cm³/mol. The monoisotopic (exact) mass is 951 g/mol. The molecule has 6 aromatic rings. The van der Waals surface area contributed by atoms with Crippen LogP contribution < -0.4 is 49.1 Å². The first-order valence-electron chi connectivity index (χ1n) is 23.1. The number of nitrogens with zero attached hydrogens (tertiary/aromatic N) is 2. The van der Waals surface area contributed by atoms with Gasteiger partial charge >= 0.3 is 0 Å². The van der Waals surface area contributed by atoms with E-state index in [9.17, 15) is 33.6 Å². The van der Waals surface area contributed by atoms with Gasteiger partial charge in [0.25, 0.3) is 11.8 Å². The van der Waals surface area contributed by atoms with Crippen LogP contribution in [-0.2, 0) is 43.2 Å². The van der Waals surface area contributed by atoms with Crippen molar-refractivity contribution in [2.75, 3.05) is 13.1 Å². The Hall–Kier alpha value is -8.55. The molecule has 0 unspecified atom stereocenters. The minimum absolute atomic E-state index is 0.00949. The van der Waals surface area contributed by atoms with Gasteiger partial charge in [0.1, 0.15) is 30.2 Å². The van der Waals surface area contributed by atoms with Crippen LogP contribution in [0.2, 0.25) is 0 Å². The molecule has 20 nitrogen and oxygen atoms in total. The predicted octanol–water partition coefficient (Wildman–Crippen LogP) is 1.26. The van der Waals surface area contributed by atoms with Crippen molar-refractivity contribution >= 4 is 69.0 Å². The number of hydrogen-bond acceptors (Lipinski definition) is 9. The van der Waals surface area contributed by atoms with Crippen molar-refractivity contribution in [1.29, 1.82) is 0 Å². The molecular formula is C50H57N13O7. The molecule has 2 bridgehead atoms. The SMILES string of the molecule is NC(=O)[C@@H]1CCCCNC(=O)c2cccc(c2)C(=O)N[C@@H](Cc2cnc[nH]2)C(=O)N[C@H](Cc2ccc3ccccc3c2)C(=O)N[C@@H](CCCN=C(N)N)C(=O)N[C@@H](Cc2c[nH]c3ccccc23)C(=O)N1. The molecule has 0 aliphatic carbocycles. The highest BCUT2D eigenvalue weighted by atomic mass is 16.2. The summed E-state index contributed by atoms with van der Waals surface area (Å²) in [5, 5.41) is 19.4. The fourth-order valence-electron chi connectivity index (χ4n) is 8.33. The number of amides is 7. The Morgan fingerprint density at radius 3 is 2.06 bits per heavy atom. The first-order chi connectivity index (χ1) is 33.8. The maximum Gasteiger partial charge on any atom is 0.251 e. The zero-order chi connectivity index (χ0) is 49.6. The van der Waals surface area contributed by atoms with Crippen LogP contribution in [0, 0.1) is 0 Å². The minimum Gasteiger partial charge on any atom is -0.370 e. The van der Waals surface area contributed by atoms with E-state index in [1.54, 1.807) is 12.3 Å². The Morgan fingerprint density at radius 2 is 1.31 bits per heavy atom. The minimum atomic E-state index is -1.33. The summed E-state index contributed by atoms with van der Waals surface area (Å²) >= 11 is 0. The number of nitrogens with two attached hydrogens (primary N) is 3. The van der Waals surface area contributed by atoms with Gasteiger partial charge in [-0.2, -0.15) is 0 Å². The molecule has 0 radical (unpaired) electrons. The molecule has 5 atom stereocenters. The van der Waals surface area contributed by atoms with Crippen molar-refractivity contribution in [1.82, 2.24) is 46.9 Å². The molecule has 1 aliphatic rings. The van der Waals surface area contributed by atoms with E-state index in [2.05, 4.69) is 51.8 Å². The van der Waals surface area contributed by atoms with Crippen LogP contribution in [0.4, 0.5) is 0 Å². The molecule has 0 fully saturated rings. The number of aromatic nitrogens is 3. The molecule has 1 aliphatic heterocycles. The van der Waals surface area contributed by atoms with Gasteiger partial charge in [0.2, 0.25) is 29.5 Å². The second-order valence-corrected chi connectivity index (χ2v) is 17.2. The number of aromatic amines is 2. The summed E-state index contributed by atoms with van der Waals surface area (Å²) in [7, 11) is 0. The summed E-state index contributed by atoms with van der Waals surface area (Å²) in [6.07, 6.45) is 5.59. The lowest BCUT2D eigenvalue weighted by atomic mass is 9.99. The fourth-order valence-corrected chi connectivity index (χ4v) is 8.33. The summed E-state index contributed by atoms with van der Waals surface area (Å²) in [6, 6.07) is 20.3. The summed E-state index contributed by atoms with van der Waals surface area (Å²) in [6.45, 7) is 0.289. The van der Waals surface area contributed by atoms with Gasteiger partial charge < -0.3 is 59.1 Å². The van der Waals surface area contributed by atoms with Gasteiger partial charge in [-0.25, -0.2) is 4.98 Å². The number of fused-ring (bicyclic) bond motifs is 4. The van der Waals surface area contributed by atoms with Gasteiger partial charge in [-0.15, -0.1) is 0 Å². The number of primary amides is 1. The molecule has 0 saturated carbocycles. The molecule has 20 heteroatoms. The van der Waals surface area contributed by atoms with E-state index >= 15 is 0 Å². The lowest BCUT2D eigenvalue weighted by Gasteiger charge is -2.27. The van der Waals surface area contributed by atoms with Crippen LogP contribution in [0.3, 0.4) is 0 Å². The molecule has 3 heterocycles. The van der Waals surface area contributed by atoms with Crippen molar-refractivity contribution in [3.63, 3.8) is 0 Å². The Labute approximate surface area is 402 Å². The van der Waals surface area contributed by atoms with Crippen LogP contribution in [0.15, 0.2) is 115 Å². The third-order valence-electron chi connectivity index (χ3n) is 12.0. The van der Waals surface area contributed by atoms with Gasteiger partial charge in [0, 0.05) is 72.5 Å². The maximum atomic E-state index is 14.8. The van der Waals surface area contributed by atoms with Gasteiger partial charge in [-0.3, -0.25) is 38.6 Å². The highest BCUT2D eigenvalue weighted by Gasteiger charge is 2.33. The van der Waals surface area contributed by atoms with Gasteiger partial charge in [0.05, 0.1) is 6.33 Å². The summed E-state index contributed by atoms with van der Waals surface area (Å²) in [5.41, 5.74) is 19.9. The first kappa shape index (κ1) is 49.4. The lowest BCUT2D eigenvalue weighted by Crippen LogP contribution is -2.60. The molecular weight excluding hydrogens is 895 g/mol. The highest BCUT2D eigenvalue weighted by Crippen LogP contribution is 2.21. The van der Waals surface area contributed by atoms with Crippen molar-refractivity contribution in [2.45, 2.75) is 81.6 Å². The summed E-state index contributed by atoms with van der Waals surface area (Å²) in [4.78, 5) is 113. The summed E-state index contributed by atoms with van der Waals surface area (Å²) < 4.78 is 0. The Morgan fingerprint density at radius 1 is 0.643 bits per heavy atom. The van der Waals surface area contributed by atoms with E-state index in [0.717, 1.165) is 21.7 Å². The normalized spacial score (nSPS) is 20.2. The van der Waals surface area contributed by atoms with Gasteiger partial charge in [0.15, 0.2) is 5.96 Å². The molecule has 0 saturated heterocycles. The van der Waals surface area contributed by atoms with E-state index in [4.69, 9.17) is 17.2 Å². The second kappa shape index (κ2) is 23.5. The van der Waals surface area contributed by atoms with E-state index in [-0.39, 0.29) is 68.7 Å². The standard InChI is InChI=1S/C50H57N13O7/c51-43(64)38-15-5-6-19-55-44(65)32-11-7-12-33(23-32)45(66)61-42(25-35-27-54-28-58-35)49(70)62-40(22-29-17-18-30-9-1-2-10-31(30)21-29)47(68)60-39(16-8-20-56-50(52)53)46(67)63-41(48(69)59-38)24-34-26-57-37-14-4-3-13-36(34)37/h1-4,7,9-14,17-18,21,23,26-28,38-42,57H,5-6,8,15-16,19-20,22,24-25H2,(H2,51,64)(H,54,58)(H,55,65)(H,59,69)(H,60,68)(H,61,66)(H,62,70)(H,63,67)(H4,52,53,56)/t38-,39-,40+,41-,42-/m0/s1. The average molecular weight is 952 g/mol. The molecule has 0 spiro atoms. The second-order valence-electron chi connectivity index (χ2n) is 17.2. The van der Waals surface area contributed by atoms with Crippen LogP contribution in [0.5, 0.6) is 0 Å². The number of imidazole rings is 1. The molecule has 2 aromatic heterocycles. The lowest BCUT2D eigenvalue weighted by molar-refractivity contribution is -0.134. The zero-order valence-electron chi connectivity index (χ0n) is 38.3. The van der Waals surface area contributed by atoms with Crippen LogP contribution in [0.25, 0.3) is 21.7 Å². The van der Waals surface area contributed by atoms with Crippen molar-refractivity contribution in [3.05, 3.63) is 138 Å². The average Bonchev–Trinajstić information content (AvgIpc) is 4.03. The Bertz CT molecular complexity index is 2880. The molecule has 70 heavy (non-hydrogen) atoms. The number of para-hydroxylation sites is 1. The summed E-state index contributed by atoms with van der Waals surface area (Å²) in [5.74, 6) is -5.06. The van der Waals surface area contributed by atoms with E-state index < -0.39 is 71.6 Å². The number of guanidine groups is 1. The Balaban J connectivity index is 1.26. The van der Waals surface area contributed by atoms with Crippen LogP contribution in [0.1, 0.15) is 69.6 Å². The molecule has 364 valence electrons. The maximum absolute atomic E-state index is 14.8. The van der Waals surface area contributed by atoms with Gasteiger partial charge in [-0.1, -0.05) is 66.7 Å². The van der Waals surface area contributed by atoms with Crippen molar-refractivity contribution < 1.29 is 33.6 Å². The largest absolute Gasteiger partial charge is 0.370 e. The number of nitrogens with one attached hydrogen (secondary N) is 8. The quantitative estimate of drug-likeness (QED) is 0.0502. The Kier molecular flexibility index (Phi) is 16.5. The number of H-pyrrole nitrogens is 2. The highest BCUT2D eigenvalue weighted by molar-refractivity contribution is 6.02. The number of hydrogen-bond donors (Lipinski definition) is 11. The molecule has 7 amide bonds. The number of carbonyl (C=O) groups is 7. The van der Waals surface area contributed by atoms with Crippen molar-refractivity contribution in [2.24, 2.45) is 22.2 Å². The first-order valence-corrected chi connectivity index (χ1v) is 23.1. The number of carbonyl (C=O) groups excluding carboxylic acids is 7. The smallest absolute Gasteiger partial charge is 0.251 e. The van der Waals surface area contributed by atoms with E-state index in [1.165, 1.54) is 30.7 Å². The third kappa shape index (κ3) is 13.3. The van der Waals surface area contributed by atoms with Gasteiger partial charge in [-0.05, 0) is 78.3 Å². The van der Waals surface area contributed by atoms with Crippen LogP contribution >= 0.6 is 0 Å². The van der Waals surface area contributed by atoms with Crippen molar-refractivity contribution in [3.8, 4) is 0 Å². The third-order valence-corrected chi connectivity index (χ3v) is 12.0. The molecule has 4 aromatic carbocycles. The zero-order valence-corrected chi connectivity index (χ0v) is 38.3. The van der Waals surface area contributed by atoms with E-state index in [1.807, 2.05) is 66.7 Å². The number of aliphatic imine (C=N–C) groups is 1. The molecule has 7 rings (SSSR count). The van der Waals surface area contributed by atoms with E-state index in [0.29, 0.717) is 29.7 Å². The fraction of sp³-hybridized carbons (Fsp3) is 0.300. The van der Waals surface area contributed by atoms with Crippen LogP contribution in [-0.4, -0.2) is 106 Å². The molecule has 14 N–H and O–H groups in total.